The Hall–Kier alpha value is 0.237. The van der Waals surface area contributed by atoms with E-state index < -0.39 is 7.22 Å². The van der Waals surface area contributed by atoms with Gasteiger partial charge in [0.25, 0.3) is 0 Å². The van der Waals surface area contributed by atoms with Crippen molar-refractivity contribution in [2.45, 2.75) is 70.6 Å². The van der Waals surface area contributed by atoms with Crippen molar-refractivity contribution in [2.24, 2.45) is 4.99 Å². The third kappa shape index (κ3) is 7.50. The number of rotatable bonds is 6. The first-order valence-electron chi connectivity index (χ1n) is 6.73. The van der Waals surface area contributed by atoms with Crippen LogP contribution in [-0.2, 0) is 0 Å². The Bertz CT molecular complexity index is 204. The molecule has 1 fully saturated rings. The normalized spacial score (nSPS) is 19.4. The molecule has 1 nitrogen and oxygen atoms in total. The summed E-state index contributed by atoms with van der Waals surface area (Å²) in [4.78, 5) is 4.69. The molecule has 0 unspecified atom stereocenters. The monoisotopic (exact) mass is 257 g/mol. The molecule has 3 heteroatoms. The van der Waals surface area contributed by atoms with Gasteiger partial charge in [0.1, 0.15) is 7.22 Å². The maximum atomic E-state index is 4.69. The van der Waals surface area contributed by atoms with Crippen LogP contribution in [-0.4, -0.2) is 25.2 Å². The predicted molar refractivity (Wildman–Crippen MR) is 80.4 cm³/mol. The molecule has 1 saturated carbocycles. The van der Waals surface area contributed by atoms with Gasteiger partial charge in [0.05, 0.1) is 0 Å². The van der Waals surface area contributed by atoms with Crippen LogP contribution in [0.2, 0.25) is 19.6 Å². The second kappa shape index (κ2) is 7.54. The lowest BCUT2D eigenvalue weighted by Gasteiger charge is -2.17. The van der Waals surface area contributed by atoms with Gasteiger partial charge in [-0.1, -0.05) is 38.9 Å². The van der Waals surface area contributed by atoms with Crippen molar-refractivity contribution in [2.75, 3.05) is 5.75 Å². The first-order valence-corrected chi connectivity index (χ1v) is 11.9. The molecule has 0 aromatic carbocycles. The van der Waals surface area contributed by atoms with Crippen LogP contribution in [0.15, 0.2) is 4.99 Å². The zero-order valence-corrected chi connectivity index (χ0v) is 13.0. The summed E-state index contributed by atoms with van der Waals surface area (Å²) in [7, 11) is -0.877. The van der Waals surface area contributed by atoms with Crippen molar-refractivity contribution in [3.63, 3.8) is 0 Å². The molecular weight excluding hydrogens is 230 g/mol. The van der Waals surface area contributed by atoms with E-state index >= 15 is 0 Å². The lowest BCUT2D eigenvalue weighted by Crippen LogP contribution is -2.14. The van der Waals surface area contributed by atoms with Crippen LogP contribution in [0.4, 0.5) is 0 Å². The van der Waals surface area contributed by atoms with Crippen LogP contribution in [0.5, 0.6) is 0 Å². The predicted octanol–water partition coefficient (Wildman–Crippen LogP) is 4.74. The molecule has 1 aliphatic rings. The Labute approximate surface area is 106 Å². The number of unbranched alkanes of at least 4 members (excludes halogenated alkanes) is 1. The molecule has 0 N–H and O–H groups in total. The molecule has 16 heavy (non-hydrogen) atoms. The minimum atomic E-state index is -0.877. The Kier molecular flexibility index (Phi) is 6.74. The zero-order valence-electron chi connectivity index (χ0n) is 11.2. The summed E-state index contributed by atoms with van der Waals surface area (Å²) in [5.41, 5.74) is 0. The van der Waals surface area contributed by atoms with Gasteiger partial charge in [0.15, 0.2) is 0 Å². The third-order valence-corrected chi connectivity index (χ3v) is 7.47. The highest BCUT2D eigenvalue weighted by Gasteiger charge is 2.12. The van der Waals surface area contributed by atoms with Crippen molar-refractivity contribution >= 4 is 24.6 Å². The number of aliphatic imine (C=N–C) groups is 1. The molecule has 0 atom stereocenters. The summed E-state index contributed by atoms with van der Waals surface area (Å²) in [5.74, 6) is 1.33. The Balaban J connectivity index is 1.99. The van der Waals surface area contributed by atoms with Crippen molar-refractivity contribution in [3.8, 4) is 0 Å². The number of hydrogen-bond donors (Lipinski definition) is 0. The summed E-state index contributed by atoms with van der Waals surface area (Å²) < 4.78 is 0. The van der Waals surface area contributed by atoms with Crippen LogP contribution < -0.4 is 0 Å². The Morgan fingerprint density at radius 1 is 1.19 bits per heavy atom. The molecule has 0 heterocycles. The zero-order chi connectivity index (χ0) is 11.9. The van der Waals surface area contributed by atoms with Gasteiger partial charge in [-0.25, -0.2) is 0 Å². The van der Waals surface area contributed by atoms with Gasteiger partial charge in [-0.2, -0.15) is 11.2 Å². The number of hydrogen-bond acceptors (Lipinski definition) is 2. The molecule has 0 aliphatic heterocycles. The summed E-state index contributed by atoms with van der Waals surface area (Å²) >= 11 is 2.20. The third-order valence-electron chi connectivity index (χ3n) is 2.90. The Morgan fingerprint density at radius 2 is 1.88 bits per heavy atom. The van der Waals surface area contributed by atoms with Gasteiger partial charge in [-0.3, -0.25) is 4.99 Å². The SMILES string of the molecule is C[Si](C)(C)SCCCC=NC1CCCCC1. The molecule has 0 aromatic heterocycles. The molecule has 94 valence electrons. The van der Waals surface area contributed by atoms with Gasteiger partial charge >= 0.3 is 0 Å². The fraction of sp³-hybridized carbons (Fsp3) is 0.923. The highest BCUT2D eigenvalue weighted by atomic mass is 32.4. The van der Waals surface area contributed by atoms with Crippen LogP contribution in [0, 0.1) is 0 Å². The highest BCUT2D eigenvalue weighted by Crippen LogP contribution is 2.21. The average Bonchev–Trinajstić information content (AvgIpc) is 2.23. The lowest BCUT2D eigenvalue weighted by molar-refractivity contribution is 0.444. The minimum Gasteiger partial charge on any atom is -0.294 e. The van der Waals surface area contributed by atoms with E-state index in [1.54, 1.807) is 0 Å². The molecule has 0 aromatic rings. The van der Waals surface area contributed by atoms with Crippen molar-refractivity contribution < 1.29 is 0 Å². The fourth-order valence-corrected chi connectivity index (χ4v) is 5.20. The van der Waals surface area contributed by atoms with Gasteiger partial charge < -0.3 is 0 Å². The largest absolute Gasteiger partial charge is 0.294 e. The molecule has 1 aliphatic carbocycles. The van der Waals surface area contributed by atoms with Crippen LogP contribution in [0.3, 0.4) is 0 Å². The number of nitrogens with zero attached hydrogens (tertiary/aromatic N) is 1. The smallest absolute Gasteiger partial charge is 0.108 e. The van der Waals surface area contributed by atoms with E-state index in [0.717, 1.165) is 0 Å². The van der Waals surface area contributed by atoms with E-state index in [4.69, 9.17) is 4.99 Å². The minimum absolute atomic E-state index is 0.665. The topological polar surface area (TPSA) is 12.4 Å². The average molecular weight is 258 g/mol. The van der Waals surface area contributed by atoms with Crippen molar-refractivity contribution in [1.29, 1.82) is 0 Å². The van der Waals surface area contributed by atoms with Crippen LogP contribution in [0.25, 0.3) is 0 Å². The van der Waals surface area contributed by atoms with E-state index in [1.807, 2.05) is 0 Å². The van der Waals surface area contributed by atoms with Gasteiger partial charge in [-0.15, -0.1) is 0 Å². The van der Waals surface area contributed by atoms with E-state index in [0.29, 0.717) is 6.04 Å². The van der Waals surface area contributed by atoms with Gasteiger partial charge in [0, 0.05) is 6.04 Å². The molecule has 0 bridgehead atoms. The first-order chi connectivity index (χ1) is 7.58. The molecule has 0 amide bonds. The summed E-state index contributed by atoms with van der Waals surface area (Å²) in [6.07, 6.45) is 11.6. The van der Waals surface area contributed by atoms with Gasteiger partial charge in [-0.05, 0) is 37.7 Å². The van der Waals surface area contributed by atoms with Crippen LogP contribution >= 0.6 is 11.2 Å². The second-order valence-electron chi connectivity index (χ2n) is 5.73. The van der Waals surface area contributed by atoms with Crippen molar-refractivity contribution in [3.05, 3.63) is 0 Å². The van der Waals surface area contributed by atoms with E-state index in [1.165, 1.54) is 50.7 Å². The quantitative estimate of drug-likeness (QED) is 0.380. The molecule has 0 spiro atoms. The molecular formula is C13H27NSSi. The van der Waals surface area contributed by atoms with Crippen molar-refractivity contribution in [1.82, 2.24) is 0 Å². The standard InChI is InChI=1S/C13H27NSSi/c1-16(2,3)15-12-8-7-11-14-13-9-5-4-6-10-13/h11,13H,4-10,12H2,1-3H3. The second-order valence-corrected chi connectivity index (χ2v) is 15.2. The van der Waals surface area contributed by atoms with E-state index in [9.17, 15) is 0 Å². The molecule has 1 rings (SSSR count). The van der Waals surface area contributed by atoms with Crippen LogP contribution in [0.1, 0.15) is 44.9 Å². The maximum Gasteiger partial charge on any atom is 0.108 e. The Morgan fingerprint density at radius 3 is 2.50 bits per heavy atom. The molecule has 0 radical (unpaired) electrons. The maximum absolute atomic E-state index is 4.69. The lowest BCUT2D eigenvalue weighted by atomic mass is 9.96. The summed E-state index contributed by atoms with van der Waals surface area (Å²) in [5, 5.41) is 0. The fourth-order valence-electron chi connectivity index (χ4n) is 2.01. The summed E-state index contributed by atoms with van der Waals surface area (Å²) in [6.45, 7) is 7.27. The first kappa shape index (κ1) is 14.3. The highest BCUT2D eigenvalue weighted by molar-refractivity contribution is 8.28. The van der Waals surface area contributed by atoms with E-state index in [-0.39, 0.29) is 0 Å². The molecule has 0 saturated heterocycles. The van der Waals surface area contributed by atoms with Gasteiger partial charge in [0.2, 0.25) is 0 Å². The van der Waals surface area contributed by atoms with E-state index in [2.05, 4.69) is 37.1 Å². The summed E-state index contributed by atoms with van der Waals surface area (Å²) in [6, 6.07) is 0.665.